The summed E-state index contributed by atoms with van der Waals surface area (Å²) in [5.41, 5.74) is 0.516. The second-order valence-electron chi connectivity index (χ2n) is 4.12. The lowest BCUT2D eigenvalue weighted by Crippen LogP contribution is -2.28. The molecule has 1 amide bonds. The second kappa shape index (κ2) is 4.49. The first-order valence-electron chi connectivity index (χ1n) is 5.41. The highest BCUT2D eigenvalue weighted by atomic mass is 19.4. The predicted octanol–water partition coefficient (Wildman–Crippen LogP) is 1.88. The number of amides is 1. The molecule has 0 saturated heterocycles. The van der Waals surface area contributed by atoms with Crippen molar-refractivity contribution in [2.75, 3.05) is 5.43 Å². The smallest absolute Gasteiger partial charge is 0.349 e. The number of carbonyl (C=O) groups excluding carboxylic acids is 1. The number of nitrogens with one attached hydrogen (secondary N) is 2. The maximum absolute atomic E-state index is 12.7. The van der Waals surface area contributed by atoms with E-state index in [1.165, 1.54) is 12.1 Å². The van der Waals surface area contributed by atoms with E-state index < -0.39 is 23.3 Å². The zero-order chi connectivity index (χ0) is 13.3. The van der Waals surface area contributed by atoms with Gasteiger partial charge in [-0.3, -0.25) is 10.6 Å². The Hall–Kier alpha value is -1.76. The van der Waals surface area contributed by atoms with Crippen molar-refractivity contribution in [3.8, 4) is 0 Å². The molecule has 0 bridgehead atoms. The summed E-state index contributed by atoms with van der Waals surface area (Å²) in [6.07, 6.45) is -2.84. The fraction of sp³-hybridized carbons (Fsp3) is 0.364. The summed E-state index contributed by atoms with van der Waals surface area (Å²) >= 11 is 0. The molecule has 0 radical (unpaired) electrons. The Balaban J connectivity index is 2.37. The molecular weight excluding hydrogens is 247 g/mol. The van der Waals surface area contributed by atoms with Crippen molar-refractivity contribution in [2.24, 2.45) is 5.84 Å². The van der Waals surface area contributed by atoms with E-state index in [2.05, 4.69) is 5.32 Å². The Kier molecular flexibility index (Phi) is 3.16. The van der Waals surface area contributed by atoms with Gasteiger partial charge >= 0.3 is 6.18 Å². The molecular formula is C11H12F3N3O. The summed E-state index contributed by atoms with van der Waals surface area (Å²) in [6, 6.07) is 3.44. The van der Waals surface area contributed by atoms with Crippen LogP contribution in [-0.2, 0) is 6.18 Å². The van der Waals surface area contributed by atoms with Crippen molar-refractivity contribution in [3.05, 3.63) is 29.3 Å². The minimum Gasteiger partial charge on any atom is -0.349 e. The fourth-order valence-corrected chi connectivity index (χ4v) is 1.62. The Labute approximate surface area is 101 Å². The molecule has 1 saturated carbocycles. The summed E-state index contributed by atoms with van der Waals surface area (Å²) in [5.74, 6) is 4.56. The van der Waals surface area contributed by atoms with Crippen molar-refractivity contribution in [3.63, 3.8) is 0 Å². The normalized spacial score (nSPS) is 15.3. The number of benzene rings is 1. The zero-order valence-electron chi connectivity index (χ0n) is 9.34. The number of hydrogen-bond acceptors (Lipinski definition) is 3. The molecule has 0 atom stereocenters. The molecule has 1 aliphatic rings. The van der Waals surface area contributed by atoms with Gasteiger partial charge in [0.1, 0.15) is 0 Å². The van der Waals surface area contributed by atoms with Crippen LogP contribution in [0.25, 0.3) is 0 Å². The average molecular weight is 259 g/mol. The van der Waals surface area contributed by atoms with Gasteiger partial charge in [-0.15, -0.1) is 0 Å². The fourth-order valence-electron chi connectivity index (χ4n) is 1.62. The number of nitrogens with two attached hydrogens (primary N) is 1. The molecule has 4 N–H and O–H groups in total. The molecule has 4 nitrogen and oxygen atoms in total. The Morgan fingerprint density at radius 1 is 1.33 bits per heavy atom. The molecule has 1 aromatic rings. The van der Waals surface area contributed by atoms with E-state index in [0.717, 1.165) is 18.9 Å². The van der Waals surface area contributed by atoms with E-state index in [4.69, 9.17) is 5.84 Å². The van der Waals surface area contributed by atoms with E-state index in [1.807, 2.05) is 5.43 Å². The number of hydrazine groups is 1. The van der Waals surface area contributed by atoms with Crippen LogP contribution in [0, 0.1) is 0 Å². The molecule has 0 spiro atoms. The first kappa shape index (κ1) is 12.7. The van der Waals surface area contributed by atoms with Crippen LogP contribution in [0.3, 0.4) is 0 Å². The third-order valence-electron chi connectivity index (χ3n) is 2.67. The average Bonchev–Trinajstić information content (AvgIpc) is 3.10. The van der Waals surface area contributed by atoms with Gasteiger partial charge < -0.3 is 10.7 Å². The van der Waals surface area contributed by atoms with Crippen LogP contribution in [0.5, 0.6) is 0 Å². The van der Waals surface area contributed by atoms with Crippen LogP contribution < -0.4 is 16.6 Å². The lowest BCUT2D eigenvalue weighted by Gasteiger charge is -2.15. The molecule has 0 unspecified atom stereocenters. The van der Waals surface area contributed by atoms with Crippen LogP contribution in [0.1, 0.15) is 28.8 Å². The summed E-state index contributed by atoms with van der Waals surface area (Å²) in [7, 11) is 0. The second-order valence-corrected chi connectivity index (χ2v) is 4.12. The van der Waals surface area contributed by atoms with E-state index in [1.54, 1.807) is 0 Å². The summed E-state index contributed by atoms with van der Waals surface area (Å²) in [4.78, 5) is 11.8. The van der Waals surface area contributed by atoms with E-state index in [-0.39, 0.29) is 11.6 Å². The topological polar surface area (TPSA) is 67.1 Å². The summed E-state index contributed by atoms with van der Waals surface area (Å²) < 4.78 is 38.2. The van der Waals surface area contributed by atoms with Gasteiger partial charge in [-0.2, -0.15) is 13.2 Å². The van der Waals surface area contributed by atoms with Crippen molar-refractivity contribution in [2.45, 2.75) is 25.1 Å². The number of nitrogen functional groups attached to an aromatic ring is 1. The molecule has 98 valence electrons. The molecule has 0 aliphatic heterocycles. The number of hydrogen-bond donors (Lipinski definition) is 3. The van der Waals surface area contributed by atoms with Crippen LogP contribution in [0.2, 0.25) is 0 Å². The number of para-hydroxylation sites is 1. The highest BCUT2D eigenvalue weighted by molar-refractivity contribution is 6.00. The predicted molar refractivity (Wildman–Crippen MR) is 59.7 cm³/mol. The van der Waals surface area contributed by atoms with Gasteiger partial charge in [0.2, 0.25) is 0 Å². The minimum atomic E-state index is -4.56. The van der Waals surface area contributed by atoms with Gasteiger partial charge in [-0.05, 0) is 25.0 Å². The van der Waals surface area contributed by atoms with Gasteiger partial charge in [0.15, 0.2) is 0 Å². The molecule has 1 aliphatic carbocycles. The van der Waals surface area contributed by atoms with Gasteiger partial charge in [0.25, 0.3) is 5.91 Å². The number of alkyl halides is 3. The van der Waals surface area contributed by atoms with Crippen LogP contribution in [-0.4, -0.2) is 11.9 Å². The Bertz CT molecular complexity index is 469. The van der Waals surface area contributed by atoms with E-state index >= 15 is 0 Å². The molecule has 0 heterocycles. The first-order chi connectivity index (χ1) is 8.43. The molecule has 2 rings (SSSR count). The number of halogens is 3. The standard InChI is InChI=1S/C11H12F3N3O/c12-11(13,14)8-3-1-2-7(9(8)17-15)10(18)16-6-4-5-6/h1-3,6,17H,4-5,15H2,(H,16,18). The third kappa shape index (κ3) is 2.56. The lowest BCUT2D eigenvalue weighted by molar-refractivity contribution is -0.137. The largest absolute Gasteiger partial charge is 0.418 e. The minimum absolute atomic E-state index is 0.0673. The van der Waals surface area contributed by atoms with Crippen LogP contribution in [0.4, 0.5) is 18.9 Å². The Morgan fingerprint density at radius 2 is 2.00 bits per heavy atom. The highest BCUT2D eigenvalue weighted by Crippen LogP contribution is 2.36. The molecule has 1 aromatic carbocycles. The number of anilines is 1. The molecule has 1 fully saturated rings. The monoisotopic (exact) mass is 259 g/mol. The SMILES string of the molecule is NNc1c(C(=O)NC2CC2)cccc1C(F)(F)F. The van der Waals surface area contributed by atoms with Crippen LogP contribution in [0.15, 0.2) is 18.2 Å². The van der Waals surface area contributed by atoms with Crippen LogP contribution >= 0.6 is 0 Å². The van der Waals surface area contributed by atoms with Gasteiger partial charge in [0, 0.05) is 6.04 Å². The molecule has 7 heteroatoms. The maximum atomic E-state index is 12.7. The van der Waals surface area contributed by atoms with Crippen molar-refractivity contribution in [1.29, 1.82) is 0 Å². The number of carbonyl (C=O) groups is 1. The molecule has 0 aromatic heterocycles. The van der Waals surface area contributed by atoms with Crippen molar-refractivity contribution < 1.29 is 18.0 Å². The summed E-state index contributed by atoms with van der Waals surface area (Å²) in [5, 5.41) is 2.62. The van der Waals surface area contributed by atoms with Gasteiger partial charge in [-0.1, -0.05) is 6.07 Å². The van der Waals surface area contributed by atoms with Crippen molar-refractivity contribution in [1.82, 2.24) is 5.32 Å². The summed E-state index contributed by atoms with van der Waals surface area (Å²) in [6.45, 7) is 0. The maximum Gasteiger partial charge on any atom is 0.418 e. The van der Waals surface area contributed by atoms with E-state index in [0.29, 0.717) is 0 Å². The van der Waals surface area contributed by atoms with Gasteiger partial charge in [-0.25, -0.2) is 0 Å². The van der Waals surface area contributed by atoms with Gasteiger partial charge in [0.05, 0.1) is 16.8 Å². The Morgan fingerprint density at radius 3 is 2.50 bits per heavy atom. The third-order valence-corrected chi connectivity index (χ3v) is 2.67. The van der Waals surface area contributed by atoms with E-state index in [9.17, 15) is 18.0 Å². The van der Waals surface area contributed by atoms with Crippen molar-refractivity contribution >= 4 is 11.6 Å². The highest BCUT2D eigenvalue weighted by Gasteiger charge is 2.35. The quantitative estimate of drug-likeness (QED) is 0.573. The molecule has 18 heavy (non-hydrogen) atoms. The zero-order valence-corrected chi connectivity index (χ0v) is 9.34. The first-order valence-corrected chi connectivity index (χ1v) is 5.41. The number of rotatable bonds is 3. The lowest BCUT2D eigenvalue weighted by atomic mass is 10.1.